The Bertz CT molecular complexity index is 986. The molecule has 0 aliphatic rings. The van der Waals surface area contributed by atoms with E-state index in [0.29, 0.717) is 17.4 Å². The minimum Gasteiger partial charge on any atom is -0.462 e. The van der Waals surface area contributed by atoms with E-state index in [-0.39, 0.29) is 32.0 Å². The molecule has 1 N–H and O–H groups in total. The molecule has 0 fully saturated rings. The zero-order chi connectivity index (χ0) is 36.5. The number of unbranched alkanes of at least 4 members (excludes halogenated alkanes) is 14. The molecule has 0 radical (unpaired) electrons. The Hall–Kier alpha value is -2.03. The van der Waals surface area contributed by atoms with Crippen LogP contribution >= 0.6 is 7.82 Å². The first kappa shape index (κ1) is 47.0. The lowest BCUT2D eigenvalue weighted by molar-refractivity contribution is -0.870. The van der Waals surface area contributed by atoms with Crippen molar-refractivity contribution in [3.05, 3.63) is 48.6 Å². The van der Waals surface area contributed by atoms with Crippen LogP contribution in [-0.4, -0.2) is 74.9 Å². The van der Waals surface area contributed by atoms with Crippen LogP contribution in [0.25, 0.3) is 0 Å². The van der Waals surface area contributed by atoms with Crippen LogP contribution in [0.4, 0.5) is 0 Å². The van der Waals surface area contributed by atoms with Crippen molar-refractivity contribution < 1.29 is 42.1 Å². The highest BCUT2D eigenvalue weighted by Crippen LogP contribution is 2.43. The molecule has 49 heavy (non-hydrogen) atoms. The molecule has 10 heteroatoms. The molecular weight excluding hydrogens is 641 g/mol. The molecule has 2 atom stereocenters. The van der Waals surface area contributed by atoms with Crippen LogP contribution in [0.5, 0.6) is 0 Å². The Balaban J connectivity index is 4.53. The lowest BCUT2D eigenvalue weighted by atomic mass is 10.0. The predicted molar refractivity (Wildman–Crippen MR) is 201 cm³/mol. The molecule has 0 rings (SSSR count). The first-order valence-electron chi connectivity index (χ1n) is 18.9. The molecule has 0 aromatic carbocycles. The zero-order valence-electron chi connectivity index (χ0n) is 31.7. The molecule has 2 unspecified atom stereocenters. The summed E-state index contributed by atoms with van der Waals surface area (Å²) in [5.41, 5.74) is 0. The van der Waals surface area contributed by atoms with Crippen molar-refractivity contribution in [1.29, 1.82) is 0 Å². The van der Waals surface area contributed by atoms with Gasteiger partial charge in [-0.05, 0) is 32.1 Å². The van der Waals surface area contributed by atoms with Crippen LogP contribution in [-0.2, 0) is 32.7 Å². The van der Waals surface area contributed by atoms with Crippen molar-refractivity contribution in [3.63, 3.8) is 0 Å². The van der Waals surface area contributed by atoms with Crippen LogP contribution in [0.2, 0.25) is 0 Å². The summed E-state index contributed by atoms with van der Waals surface area (Å²) in [5.74, 6) is -0.849. The van der Waals surface area contributed by atoms with E-state index < -0.39 is 26.5 Å². The minimum atomic E-state index is -4.38. The number of hydrogen-bond donors (Lipinski definition) is 1. The zero-order valence-corrected chi connectivity index (χ0v) is 32.6. The fourth-order valence-corrected chi connectivity index (χ4v) is 5.47. The van der Waals surface area contributed by atoms with Gasteiger partial charge in [0.15, 0.2) is 6.10 Å². The molecule has 0 heterocycles. The van der Waals surface area contributed by atoms with E-state index in [9.17, 15) is 19.0 Å². The standard InChI is InChI=1S/C39H70NO8P/c1-6-8-10-12-14-16-18-20-22-24-26-28-30-32-39(42)48-37(36-47-49(43,44)46-34-33-40(3,4)5)35-45-38(41)31-29-27-25-23-21-19-17-15-13-11-9-7-2/h8,10,12,14,16,18,20,22,37H,6-7,9,11,13,15,17,19,21,23-36H2,1-5H3/p+1/b10-8+,14-12+,18-16+,22-20+. The first-order valence-corrected chi connectivity index (χ1v) is 20.4. The number of carbonyl (C=O) groups excluding carboxylic acids is 2. The monoisotopic (exact) mass is 712 g/mol. The van der Waals surface area contributed by atoms with Crippen LogP contribution in [0.15, 0.2) is 48.6 Å². The smallest absolute Gasteiger partial charge is 0.462 e. The number of esters is 2. The van der Waals surface area contributed by atoms with E-state index in [4.69, 9.17) is 18.5 Å². The molecule has 9 nitrogen and oxygen atoms in total. The van der Waals surface area contributed by atoms with Gasteiger partial charge in [-0.15, -0.1) is 0 Å². The molecule has 0 aromatic rings. The molecule has 0 aliphatic heterocycles. The number of phosphoric ester groups is 1. The molecular formula is C39H71NO8P+. The maximum Gasteiger partial charge on any atom is 0.472 e. The number of ether oxygens (including phenoxy) is 2. The topological polar surface area (TPSA) is 108 Å². The van der Waals surface area contributed by atoms with Crippen molar-refractivity contribution in [1.82, 2.24) is 0 Å². The van der Waals surface area contributed by atoms with Crippen molar-refractivity contribution in [2.24, 2.45) is 0 Å². The average Bonchev–Trinajstić information content (AvgIpc) is 3.04. The fourth-order valence-electron chi connectivity index (χ4n) is 4.73. The van der Waals surface area contributed by atoms with Gasteiger partial charge in [-0.2, -0.15) is 0 Å². The number of rotatable bonds is 33. The number of allylic oxidation sites excluding steroid dienone is 8. The van der Waals surface area contributed by atoms with Crippen molar-refractivity contribution in [2.45, 2.75) is 142 Å². The third-order valence-electron chi connectivity index (χ3n) is 7.72. The van der Waals surface area contributed by atoms with Gasteiger partial charge < -0.3 is 18.9 Å². The van der Waals surface area contributed by atoms with Gasteiger partial charge >= 0.3 is 19.8 Å². The highest BCUT2D eigenvalue weighted by molar-refractivity contribution is 7.47. The summed E-state index contributed by atoms with van der Waals surface area (Å²) in [6, 6.07) is 0. The van der Waals surface area contributed by atoms with E-state index in [0.717, 1.165) is 44.9 Å². The Morgan fingerprint density at radius 1 is 0.653 bits per heavy atom. The van der Waals surface area contributed by atoms with E-state index >= 15 is 0 Å². The molecule has 0 saturated carbocycles. The third-order valence-corrected chi connectivity index (χ3v) is 8.70. The van der Waals surface area contributed by atoms with Crippen LogP contribution in [0.3, 0.4) is 0 Å². The third kappa shape index (κ3) is 35.6. The van der Waals surface area contributed by atoms with Gasteiger partial charge in [0.1, 0.15) is 19.8 Å². The van der Waals surface area contributed by atoms with Gasteiger partial charge in [0, 0.05) is 12.8 Å². The largest absolute Gasteiger partial charge is 0.472 e. The Morgan fingerprint density at radius 3 is 1.73 bits per heavy atom. The minimum absolute atomic E-state index is 0.0228. The second kappa shape index (κ2) is 31.9. The molecule has 284 valence electrons. The van der Waals surface area contributed by atoms with E-state index in [1.807, 2.05) is 57.6 Å². The fraction of sp³-hybridized carbons (Fsp3) is 0.744. The van der Waals surface area contributed by atoms with Gasteiger partial charge in [0.05, 0.1) is 27.7 Å². The number of quaternary nitrogens is 1. The number of nitrogens with zero attached hydrogens (tertiary/aromatic N) is 1. The molecule has 0 amide bonds. The van der Waals surface area contributed by atoms with E-state index in [1.54, 1.807) is 0 Å². The maximum absolute atomic E-state index is 12.6. The quantitative estimate of drug-likeness (QED) is 0.0236. The average molecular weight is 713 g/mol. The van der Waals surface area contributed by atoms with Crippen molar-refractivity contribution in [3.8, 4) is 0 Å². The van der Waals surface area contributed by atoms with Crippen LogP contribution in [0, 0.1) is 0 Å². The van der Waals surface area contributed by atoms with Gasteiger partial charge in [-0.3, -0.25) is 18.6 Å². The molecule has 0 bridgehead atoms. The summed E-state index contributed by atoms with van der Waals surface area (Å²) in [5, 5.41) is 0. The number of hydrogen-bond acceptors (Lipinski definition) is 7. The SMILES string of the molecule is CC/C=C/C=C/C=C/C=C/CCCCCC(=O)OC(COC(=O)CCCCCCCCCCCCCC)COP(=O)(O)OCC[N+](C)(C)C. The van der Waals surface area contributed by atoms with Gasteiger partial charge in [-0.25, -0.2) is 4.57 Å². The maximum atomic E-state index is 12.6. The first-order chi connectivity index (χ1) is 23.5. The molecule has 0 saturated heterocycles. The summed E-state index contributed by atoms with van der Waals surface area (Å²) >= 11 is 0. The Morgan fingerprint density at radius 2 is 1.16 bits per heavy atom. The number of phosphoric acid groups is 1. The van der Waals surface area contributed by atoms with Crippen molar-refractivity contribution in [2.75, 3.05) is 47.5 Å². The molecule has 0 spiro atoms. The van der Waals surface area contributed by atoms with Crippen LogP contribution < -0.4 is 0 Å². The molecule has 0 aromatic heterocycles. The molecule has 0 aliphatic carbocycles. The second-order valence-electron chi connectivity index (χ2n) is 13.7. The lowest BCUT2D eigenvalue weighted by Gasteiger charge is -2.24. The normalized spacial score (nSPS) is 14.3. The summed E-state index contributed by atoms with van der Waals surface area (Å²) in [6.07, 6.45) is 34.5. The van der Waals surface area contributed by atoms with Gasteiger partial charge in [0.2, 0.25) is 0 Å². The summed E-state index contributed by atoms with van der Waals surface area (Å²) in [4.78, 5) is 35.1. The highest BCUT2D eigenvalue weighted by atomic mass is 31.2. The van der Waals surface area contributed by atoms with Gasteiger partial charge in [0.25, 0.3) is 0 Å². The number of carbonyl (C=O) groups is 2. The number of likely N-dealkylation sites (N-methyl/N-ethyl adjacent to an activating group) is 1. The highest BCUT2D eigenvalue weighted by Gasteiger charge is 2.27. The van der Waals surface area contributed by atoms with E-state index in [1.165, 1.54) is 57.8 Å². The van der Waals surface area contributed by atoms with Crippen molar-refractivity contribution >= 4 is 19.8 Å². The Labute approximate surface area is 299 Å². The van der Waals surface area contributed by atoms with Crippen LogP contribution in [0.1, 0.15) is 136 Å². The van der Waals surface area contributed by atoms with E-state index in [2.05, 4.69) is 26.0 Å². The summed E-state index contributed by atoms with van der Waals surface area (Å²) < 4.78 is 34.1. The lowest BCUT2D eigenvalue weighted by Crippen LogP contribution is -2.37. The Kier molecular flexibility index (Phi) is 30.6. The second-order valence-corrected chi connectivity index (χ2v) is 15.1. The summed E-state index contributed by atoms with van der Waals surface area (Å²) in [7, 11) is 1.44. The van der Waals surface area contributed by atoms with Gasteiger partial charge in [-0.1, -0.05) is 140 Å². The summed E-state index contributed by atoms with van der Waals surface area (Å²) in [6.45, 7) is 4.20. The predicted octanol–water partition coefficient (Wildman–Crippen LogP) is 9.96.